The average Bonchev–Trinajstić information content (AvgIpc) is 2.30. The highest BCUT2D eigenvalue weighted by atomic mass is 16.1. The number of carbonyl (C=O) groups is 1. The summed E-state index contributed by atoms with van der Waals surface area (Å²) in [6, 6.07) is 0. The van der Waals surface area contributed by atoms with Crippen molar-refractivity contribution >= 4 is 5.91 Å². The molecule has 16 heavy (non-hydrogen) atoms. The Bertz CT molecular complexity index is 200. The standard InChI is InChI=1S/C13H26N2O/c1-11(7-9-14)13(16)15-10-8-12-5-3-2-4-6-12/h11-12H,2-10,14H2,1H3,(H,15,16). The number of hydrogen-bond acceptors (Lipinski definition) is 2. The molecule has 94 valence electrons. The fraction of sp³-hybridized carbons (Fsp3) is 0.923. The zero-order valence-corrected chi connectivity index (χ0v) is 10.5. The van der Waals surface area contributed by atoms with Crippen molar-refractivity contribution in [1.82, 2.24) is 5.32 Å². The van der Waals surface area contributed by atoms with Gasteiger partial charge in [-0.2, -0.15) is 0 Å². The molecule has 0 bridgehead atoms. The molecule has 0 aromatic heterocycles. The quantitative estimate of drug-likeness (QED) is 0.728. The van der Waals surface area contributed by atoms with Gasteiger partial charge in [0.25, 0.3) is 0 Å². The molecule has 1 unspecified atom stereocenters. The van der Waals surface area contributed by atoms with E-state index in [1.807, 2.05) is 6.92 Å². The van der Waals surface area contributed by atoms with E-state index >= 15 is 0 Å². The monoisotopic (exact) mass is 226 g/mol. The van der Waals surface area contributed by atoms with Crippen molar-refractivity contribution in [3.63, 3.8) is 0 Å². The summed E-state index contributed by atoms with van der Waals surface area (Å²) in [6.07, 6.45) is 8.81. The van der Waals surface area contributed by atoms with Crippen LogP contribution >= 0.6 is 0 Å². The molecule has 0 heterocycles. The van der Waals surface area contributed by atoms with Crippen molar-refractivity contribution in [2.75, 3.05) is 13.1 Å². The molecule has 1 aliphatic rings. The van der Waals surface area contributed by atoms with Crippen LogP contribution in [0.2, 0.25) is 0 Å². The Kier molecular flexibility index (Phi) is 6.46. The second-order valence-corrected chi connectivity index (χ2v) is 5.06. The molecule has 0 spiro atoms. The molecule has 3 N–H and O–H groups in total. The predicted octanol–water partition coefficient (Wildman–Crippen LogP) is 2.06. The van der Waals surface area contributed by atoms with E-state index in [2.05, 4.69) is 5.32 Å². The molecule has 1 fully saturated rings. The molecule has 1 aliphatic carbocycles. The topological polar surface area (TPSA) is 55.1 Å². The number of carbonyl (C=O) groups excluding carboxylic acids is 1. The van der Waals surface area contributed by atoms with Crippen LogP contribution in [0.3, 0.4) is 0 Å². The van der Waals surface area contributed by atoms with Crippen molar-refractivity contribution in [1.29, 1.82) is 0 Å². The lowest BCUT2D eigenvalue weighted by molar-refractivity contribution is -0.124. The summed E-state index contributed by atoms with van der Waals surface area (Å²) in [4.78, 5) is 11.6. The van der Waals surface area contributed by atoms with Gasteiger partial charge in [-0.1, -0.05) is 39.0 Å². The first-order valence-corrected chi connectivity index (χ1v) is 6.71. The van der Waals surface area contributed by atoms with E-state index < -0.39 is 0 Å². The first kappa shape index (κ1) is 13.5. The van der Waals surface area contributed by atoms with Crippen LogP contribution < -0.4 is 11.1 Å². The van der Waals surface area contributed by atoms with Crippen molar-refractivity contribution in [3.8, 4) is 0 Å². The first-order chi connectivity index (χ1) is 7.74. The smallest absolute Gasteiger partial charge is 0.222 e. The van der Waals surface area contributed by atoms with Gasteiger partial charge >= 0.3 is 0 Å². The van der Waals surface area contributed by atoms with Gasteiger partial charge in [0.1, 0.15) is 0 Å². The van der Waals surface area contributed by atoms with Crippen molar-refractivity contribution in [2.24, 2.45) is 17.6 Å². The summed E-state index contributed by atoms with van der Waals surface area (Å²) in [7, 11) is 0. The lowest BCUT2D eigenvalue weighted by Crippen LogP contribution is -2.32. The normalized spacial score (nSPS) is 19.4. The van der Waals surface area contributed by atoms with Gasteiger partial charge in [-0.05, 0) is 25.3 Å². The summed E-state index contributed by atoms with van der Waals surface area (Å²) < 4.78 is 0. The molecule has 1 rings (SSSR count). The molecule has 0 radical (unpaired) electrons. The summed E-state index contributed by atoms with van der Waals surface area (Å²) in [5.41, 5.74) is 5.43. The van der Waals surface area contributed by atoms with E-state index in [9.17, 15) is 4.79 Å². The summed E-state index contributed by atoms with van der Waals surface area (Å²) in [5.74, 6) is 1.08. The zero-order valence-electron chi connectivity index (χ0n) is 10.5. The predicted molar refractivity (Wildman–Crippen MR) is 67.0 cm³/mol. The Labute approximate surface area is 99.2 Å². The van der Waals surface area contributed by atoms with Crippen LogP contribution in [0.15, 0.2) is 0 Å². The fourth-order valence-electron chi connectivity index (χ4n) is 2.43. The van der Waals surface area contributed by atoms with Crippen LogP contribution in [0, 0.1) is 11.8 Å². The Balaban J connectivity index is 2.07. The van der Waals surface area contributed by atoms with Crippen LogP contribution in [0.1, 0.15) is 51.9 Å². The largest absolute Gasteiger partial charge is 0.356 e. The maximum Gasteiger partial charge on any atom is 0.222 e. The number of hydrogen-bond donors (Lipinski definition) is 2. The highest BCUT2D eigenvalue weighted by molar-refractivity contribution is 5.78. The van der Waals surface area contributed by atoms with E-state index in [1.54, 1.807) is 0 Å². The molecular weight excluding hydrogens is 200 g/mol. The van der Waals surface area contributed by atoms with Gasteiger partial charge in [0.15, 0.2) is 0 Å². The third-order valence-electron chi connectivity index (χ3n) is 3.62. The minimum Gasteiger partial charge on any atom is -0.356 e. The summed E-state index contributed by atoms with van der Waals surface area (Å²) in [5, 5.41) is 3.02. The lowest BCUT2D eigenvalue weighted by atomic mass is 9.87. The van der Waals surface area contributed by atoms with Gasteiger partial charge in [0.05, 0.1) is 0 Å². The van der Waals surface area contributed by atoms with Gasteiger partial charge in [-0.15, -0.1) is 0 Å². The van der Waals surface area contributed by atoms with E-state index in [-0.39, 0.29) is 11.8 Å². The molecular formula is C13H26N2O. The molecule has 3 nitrogen and oxygen atoms in total. The molecule has 0 aliphatic heterocycles. The number of nitrogens with one attached hydrogen (secondary N) is 1. The third kappa shape index (κ3) is 4.97. The van der Waals surface area contributed by atoms with Crippen LogP contribution in [0.5, 0.6) is 0 Å². The SMILES string of the molecule is CC(CCN)C(=O)NCCC1CCCCC1. The molecule has 3 heteroatoms. The Morgan fingerprint density at radius 3 is 2.69 bits per heavy atom. The van der Waals surface area contributed by atoms with Gasteiger partial charge in [-0.25, -0.2) is 0 Å². The molecule has 1 amide bonds. The zero-order chi connectivity index (χ0) is 11.8. The van der Waals surface area contributed by atoms with Crippen molar-refractivity contribution in [3.05, 3.63) is 0 Å². The van der Waals surface area contributed by atoms with Crippen molar-refractivity contribution < 1.29 is 4.79 Å². The Hall–Kier alpha value is -0.570. The second kappa shape index (κ2) is 7.66. The molecule has 1 atom stereocenters. The summed E-state index contributed by atoms with van der Waals surface area (Å²) >= 11 is 0. The fourth-order valence-corrected chi connectivity index (χ4v) is 2.43. The van der Waals surface area contributed by atoms with Crippen molar-refractivity contribution in [2.45, 2.75) is 51.9 Å². The van der Waals surface area contributed by atoms with Gasteiger partial charge in [0.2, 0.25) is 5.91 Å². The number of amides is 1. The average molecular weight is 226 g/mol. The minimum absolute atomic E-state index is 0.0661. The highest BCUT2D eigenvalue weighted by Gasteiger charge is 2.15. The van der Waals surface area contributed by atoms with E-state index in [0.29, 0.717) is 6.54 Å². The second-order valence-electron chi connectivity index (χ2n) is 5.06. The molecule has 0 aromatic carbocycles. The third-order valence-corrected chi connectivity index (χ3v) is 3.62. The van der Waals surface area contributed by atoms with Crippen LogP contribution in [-0.4, -0.2) is 19.0 Å². The molecule has 0 saturated heterocycles. The van der Waals surface area contributed by atoms with Gasteiger partial charge in [-0.3, -0.25) is 4.79 Å². The number of nitrogens with two attached hydrogens (primary N) is 1. The van der Waals surface area contributed by atoms with Crippen LogP contribution in [0.4, 0.5) is 0 Å². The first-order valence-electron chi connectivity index (χ1n) is 6.71. The number of rotatable bonds is 6. The van der Waals surface area contributed by atoms with E-state index in [4.69, 9.17) is 5.73 Å². The lowest BCUT2D eigenvalue weighted by Gasteiger charge is -2.21. The maximum absolute atomic E-state index is 11.6. The van der Waals surface area contributed by atoms with E-state index in [0.717, 1.165) is 25.3 Å². The van der Waals surface area contributed by atoms with Crippen LogP contribution in [-0.2, 0) is 4.79 Å². The molecule has 1 saturated carbocycles. The minimum atomic E-state index is 0.0661. The maximum atomic E-state index is 11.6. The summed E-state index contributed by atoms with van der Waals surface area (Å²) in [6.45, 7) is 3.39. The Morgan fingerprint density at radius 1 is 1.38 bits per heavy atom. The van der Waals surface area contributed by atoms with E-state index in [1.165, 1.54) is 32.1 Å². The Morgan fingerprint density at radius 2 is 2.06 bits per heavy atom. The highest BCUT2D eigenvalue weighted by Crippen LogP contribution is 2.25. The van der Waals surface area contributed by atoms with Crippen LogP contribution in [0.25, 0.3) is 0 Å². The molecule has 0 aromatic rings. The van der Waals surface area contributed by atoms with Gasteiger partial charge < -0.3 is 11.1 Å². The van der Waals surface area contributed by atoms with Gasteiger partial charge in [0, 0.05) is 12.5 Å².